The number of carbonyl (C=O) groups is 1. The molecule has 0 atom stereocenters. The number of para-hydroxylation sites is 2. The van der Waals surface area contributed by atoms with Crippen molar-refractivity contribution in [1.82, 2.24) is 10.5 Å². The van der Waals surface area contributed by atoms with Gasteiger partial charge in [-0.1, -0.05) is 23.9 Å². The number of fused-ring (bicyclic) bond motifs is 1. The number of nitrogens with zero attached hydrogens (tertiary/aromatic N) is 1. The van der Waals surface area contributed by atoms with E-state index in [2.05, 4.69) is 4.98 Å². The Balaban J connectivity index is 2.12. The lowest BCUT2D eigenvalue weighted by atomic mass is 10.3. The zero-order chi connectivity index (χ0) is 10.7. The number of oxazole rings is 1. The molecule has 0 fully saturated rings. The minimum absolute atomic E-state index is 0.0727. The Morgan fingerprint density at radius 2 is 2.33 bits per heavy atom. The van der Waals surface area contributed by atoms with Crippen LogP contribution in [-0.4, -0.2) is 21.9 Å². The molecule has 2 N–H and O–H groups in total. The van der Waals surface area contributed by atoms with E-state index in [1.165, 1.54) is 5.48 Å². The van der Waals surface area contributed by atoms with Crippen molar-refractivity contribution in [1.29, 1.82) is 0 Å². The molecule has 0 aliphatic carbocycles. The predicted molar refractivity (Wildman–Crippen MR) is 54.7 cm³/mol. The molecule has 6 heteroatoms. The van der Waals surface area contributed by atoms with Crippen molar-refractivity contribution in [3.8, 4) is 0 Å². The van der Waals surface area contributed by atoms with E-state index in [-0.39, 0.29) is 5.75 Å². The van der Waals surface area contributed by atoms with Gasteiger partial charge in [-0.15, -0.1) is 0 Å². The molecule has 1 aromatic carbocycles. The Bertz CT molecular complexity index is 450. The molecular formula is C9H8N2O3S. The fourth-order valence-corrected chi connectivity index (χ4v) is 1.70. The van der Waals surface area contributed by atoms with Gasteiger partial charge in [0.05, 0.1) is 5.75 Å². The van der Waals surface area contributed by atoms with Gasteiger partial charge in [0.25, 0.3) is 11.1 Å². The van der Waals surface area contributed by atoms with Crippen LogP contribution in [0.2, 0.25) is 0 Å². The summed E-state index contributed by atoms with van der Waals surface area (Å²) in [4.78, 5) is 14.9. The Labute approximate surface area is 89.4 Å². The van der Waals surface area contributed by atoms with Gasteiger partial charge in [0.2, 0.25) is 0 Å². The summed E-state index contributed by atoms with van der Waals surface area (Å²) in [5.74, 6) is -0.411. The Morgan fingerprint density at radius 1 is 1.53 bits per heavy atom. The van der Waals surface area contributed by atoms with Crippen molar-refractivity contribution >= 4 is 28.8 Å². The molecule has 0 aliphatic rings. The minimum Gasteiger partial charge on any atom is -0.431 e. The van der Waals surface area contributed by atoms with Crippen LogP contribution in [0, 0.1) is 0 Å². The first kappa shape index (κ1) is 10.0. The molecule has 1 aromatic heterocycles. The van der Waals surface area contributed by atoms with Crippen molar-refractivity contribution in [2.24, 2.45) is 0 Å². The summed E-state index contributed by atoms with van der Waals surface area (Å²) in [5, 5.41) is 8.71. The van der Waals surface area contributed by atoms with Crippen molar-refractivity contribution in [3.05, 3.63) is 24.3 Å². The molecule has 0 aliphatic heterocycles. The van der Waals surface area contributed by atoms with Gasteiger partial charge in [0.15, 0.2) is 5.58 Å². The highest BCUT2D eigenvalue weighted by Gasteiger charge is 2.07. The van der Waals surface area contributed by atoms with Crippen LogP contribution in [0.1, 0.15) is 0 Å². The van der Waals surface area contributed by atoms with Gasteiger partial charge in [0, 0.05) is 0 Å². The summed E-state index contributed by atoms with van der Waals surface area (Å²) < 4.78 is 5.35. The lowest BCUT2D eigenvalue weighted by molar-refractivity contribution is -0.126. The molecule has 2 rings (SSSR count). The normalized spacial score (nSPS) is 10.5. The van der Waals surface area contributed by atoms with Gasteiger partial charge in [-0.3, -0.25) is 10.0 Å². The second kappa shape index (κ2) is 4.33. The van der Waals surface area contributed by atoms with Crippen molar-refractivity contribution in [2.75, 3.05) is 5.75 Å². The lowest BCUT2D eigenvalue weighted by Gasteiger charge is -1.93. The SMILES string of the molecule is O=C(CSc1nc2ccccc2o1)NO. The summed E-state index contributed by atoms with van der Waals surface area (Å²) >= 11 is 1.13. The second-order valence-electron chi connectivity index (χ2n) is 2.77. The fourth-order valence-electron chi connectivity index (χ4n) is 1.07. The maximum absolute atomic E-state index is 10.7. The van der Waals surface area contributed by atoms with Crippen LogP contribution in [0.3, 0.4) is 0 Å². The number of aromatic nitrogens is 1. The lowest BCUT2D eigenvalue weighted by Crippen LogP contribution is -2.20. The number of thioether (sulfide) groups is 1. The number of rotatable bonds is 3. The first-order valence-corrected chi connectivity index (χ1v) is 5.19. The van der Waals surface area contributed by atoms with Gasteiger partial charge in [-0.2, -0.15) is 0 Å². The van der Waals surface area contributed by atoms with Crippen molar-refractivity contribution in [2.45, 2.75) is 5.22 Å². The molecule has 0 bridgehead atoms. The Hall–Kier alpha value is -1.53. The standard InChI is InChI=1S/C9H8N2O3S/c12-8(11-13)5-15-9-10-6-3-1-2-4-7(6)14-9/h1-4,13H,5H2,(H,11,12). The number of carbonyl (C=O) groups excluding carboxylic acids is 1. The van der Waals surface area contributed by atoms with E-state index in [9.17, 15) is 4.79 Å². The maximum atomic E-state index is 10.7. The van der Waals surface area contributed by atoms with Crippen LogP contribution in [0.25, 0.3) is 11.1 Å². The zero-order valence-electron chi connectivity index (χ0n) is 7.64. The van der Waals surface area contributed by atoms with E-state index < -0.39 is 5.91 Å². The van der Waals surface area contributed by atoms with E-state index in [1.807, 2.05) is 18.2 Å². The first-order chi connectivity index (χ1) is 7.29. The first-order valence-electron chi connectivity index (χ1n) is 4.21. The van der Waals surface area contributed by atoms with E-state index in [0.29, 0.717) is 10.8 Å². The molecular weight excluding hydrogens is 216 g/mol. The summed E-state index contributed by atoms with van der Waals surface area (Å²) in [6, 6.07) is 7.34. The van der Waals surface area contributed by atoms with E-state index >= 15 is 0 Å². The Morgan fingerprint density at radius 3 is 3.07 bits per heavy atom. The molecule has 1 heterocycles. The summed E-state index contributed by atoms with van der Waals surface area (Å²) in [7, 11) is 0. The average Bonchev–Trinajstić information content (AvgIpc) is 2.68. The van der Waals surface area contributed by atoms with Crippen LogP contribution in [-0.2, 0) is 4.79 Å². The summed E-state index contributed by atoms with van der Waals surface area (Å²) in [6.07, 6.45) is 0. The third-order valence-corrected chi connectivity index (χ3v) is 2.55. The molecule has 0 saturated heterocycles. The average molecular weight is 224 g/mol. The molecule has 0 spiro atoms. The highest BCUT2D eigenvalue weighted by atomic mass is 32.2. The van der Waals surface area contributed by atoms with E-state index in [4.69, 9.17) is 9.62 Å². The second-order valence-corrected chi connectivity index (χ2v) is 3.70. The molecule has 2 aromatic rings. The van der Waals surface area contributed by atoms with Crippen LogP contribution >= 0.6 is 11.8 Å². The minimum atomic E-state index is -0.484. The van der Waals surface area contributed by atoms with Crippen molar-refractivity contribution < 1.29 is 14.4 Å². The number of benzene rings is 1. The van der Waals surface area contributed by atoms with E-state index in [0.717, 1.165) is 17.3 Å². The quantitative estimate of drug-likeness (QED) is 0.468. The van der Waals surface area contributed by atoms with Crippen LogP contribution in [0.4, 0.5) is 0 Å². The van der Waals surface area contributed by atoms with Crippen molar-refractivity contribution in [3.63, 3.8) is 0 Å². The molecule has 5 nitrogen and oxygen atoms in total. The Kier molecular flexibility index (Phi) is 2.89. The van der Waals surface area contributed by atoms with Crippen LogP contribution in [0.15, 0.2) is 33.9 Å². The topological polar surface area (TPSA) is 75.4 Å². The van der Waals surface area contributed by atoms with Crippen LogP contribution in [0.5, 0.6) is 0 Å². The monoisotopic (exact) mass is 224 g/mol. The molecule has 78 valence electrons. The molecule has 0 radical (unpaired) electrons. The summed E-state index contributed by atoms with van der Waals surface area (Å²) in [5.41, 5.74) is 2.98. The zero-order valence-corrected chi connectivity index (χ0v) is 8.45. The maximum Gasteiger partial charge on any atom is 0.257 e. The van der Waals surface area contributed by atoms with E-state index in [1.54, 1.807) is 6.07 Å². The molecule has 0 saturated carbocycles. The van der Waals surface area contributed by atoms with Crippen LogP contribution < -0.4 is 5.48 Å². The van der Waals surface area contributed by atoms with Gasteiger partial charge in [-0.25, -0.2) is 10.5 Å². The molecule has 15 heavy (non-hydrogen) atoms. The summed E-state index contributed by atoms with van der Waals surface area (Å²) in [6.45, 7) is 0. The van der Waals surface area contributed by atoms with Gasteiger partial charge in [0.1, 0.15) is 5.52 Å². The molecule has 0 unspecified atom stereocenters. The van der Waals surface area contributed by atoms with Gasteiger partial charge >= 0.3 is 0 Å². The molecule has 1 amide bonds. The third-order valence-electron chi connectivity index (χ3n) is 1.73. The highest BCUT2D eigenvalue weighted by Crippen LogP contribution is 2.22. The number of hydrogen-bond donors (Lipinski definition) is 2. The predicted octanol–water partition coefficient (Wildman–Crippen LogP) is 1.43. The smallest absolute Gasteiger partial charge is 0.257 e. The van der Waals surface area contributed by atoms with Gasteiger partial charge < -0.3 is 4.42 Å². The largest absolute Gasteiger partial charge is 0.431 e. The number of hydrogen-bond acceptors (Lipinski definition) is 5. The fraction of sp³-hybridized carbons (Fsp3) is 0.111. The number of hydroxylamine groups is 1. The third kappa shape index (κ3) is 2.28. The highest BCUT2D eigenvalue weighted by molar-refractivity contribution is 7.99. The van der Waals surface area contributed by atoms with Gasteiger partial charge in [-0.05, 0) is 12.1 Å². The number of amides is 1. The number of nitrogens with one attached hydrogen (secondary N) is 1.